The van der Waals surface area contributed by atoms with Crippen molar-refractivity contribution in [2.24, 2.45) is 0 Å². The summed E-state index contributed by atoms with van der Waals surface area (Å²) in [5, 5.41) is 1.95. The fourth-order valence-corrected chi connectivity index (χ4v) is 5.24. The molecule has 146 valence electrons. The molecule has 0 fully saturated rings. The van der Waals surface area contributed by atoms with Crippen molar-refractivity contribution in [2.45, 2.75) is 17.9 Å². The predicted molar refractivity (Wildman–Crippen MR) is 117 cm³/mol. The minimum absolute atomic E-state index is 0.250. The molecule has 1 unspecified atom stereocenters. The number of aryl methyl sites for hydroxylation is 1. The van der Waals surface area contributed by atoms with E-state index in [1.165, 1.54) is 11.3 Å². The second kappa shape index (κ2) is 8.29. The molecule has 2 aromatic heterocycles. The molecule has 2 heterocycles. The molecule has 1 N–H and O–H groups in total. The van der Waals surface area contributed by atoms with Gasteiger partial charge in [-0.15, -0.1) is 11.3 Å². The number of sulfonamides is 1. The number of benzene rings is 2. The molecule has 0 amide bonds. The van der Waals surface area contributed by atoms with Gasteiger partial charge in [-0.1, -0.05) is 54.1 Å². The van der Waals surface area contributed by atoms with Crippen molar-refractivity contribution in [3.05, 3.63) is 106 Å². The Kier molecular flexibility index (Phi) is 5.58. The average molecular weight is 421 g/mol. The van der Waals surface area contributed by atoms with Gasteiger partial charge in [0.25, 0.3) is 0 Å². The molecule has 4 aromatic rings. The summed E-state index contributed by atoms with van der Waals surface area (Å²) in [5.74, 6) is 0. The first-order valence-corrected chi connectivity index (χ1v) is 11.5. The van der Waals surface area contributed by atoms with Crippen molar-refractivity contribution in [3.8, 4) is 11.3 Å². The summed E-state index contributed by atoms with van der Waals surface area (Å²) in [6.45, 7) is 1.93. The SMILES string of the molecule is Cc1ccc(S(=O)(=O)NC(c2cccs2)c2ccccc2-c2ccccn2)cc1. The summed E-state index contributed by atoms with van der Waals surface area (Å²) < 4.78 is 29.2. The standard InChI is InChI=1S/C23H20N2O2S2/c1-17-11-13-18(14-12-17)29(26,27)25-23(22-10-6-16-28-22)20-8-3-2-7-19(20)21-9-4-5-15-24-21/h2-16,23,25H,1H3. The summed E-state index contributed by atoms with van der Waals surface area (Å²) in [6.07, 6.45) is 1.74. The van der Waals surface area contributed by atoms with Gasteiger partial charge < -0.3 is 0 Å². The predicted octanol–water partition coefficient (Wildman–Crippen LogP) is 5.19. The number of nitrogens with zero attached hydrogens (tertiary/aromatic N) is 1. The van der Waals surface area contributed by atoms with Gasteiger partial charge in [0.2, 0.25) is 10.0 Å². The van der Waals surface area contributed by atoms with Crippen LogP contribution in [0.25, 0.3) is 11.3 Å². The smallest absolute Gasteiger partial charge is 0.241 e. The number of pyridine rings is 1. The van der Waals surface area contributed by atoms with Gasteiger partial charge in [-0.05, 0) is 48.2 Å². The topological polar surface area (TPSA) is 59.1 Å². The van der Waals surface area contributed by atoms with Crippen LogP contribution < -0.4 is 4.72 Å². The maximum atomic E-state index is 13.1. The highest BCUT2D eigenvalue weighted by Crippen LogP contribution is 2.34. The minimum atomic E-state index is -3.71. The van der Waals surface area contributed by atoms with Gasteiger partial charge in [0, 0.05) is 16.6 Å². The molecule has 2 aromatic carbocycles. The lowest BCUT2D eigenvalue weighted by Gasteiger charge is -2.21. The zero-order chi connectivity index (χ0) is 20.3. The van der Waals surface area contributed by atoms with Crippen molar-refractivity contribution in [2.75, 3.05) is 0 Å². The van der Waals surface area contributed by atoms with Gasteiger partial charge in [0.15, 0.2) is 0 Å². The largest absolute Gasteiger partial charge is 0.256 e. The second-order valence-corrected chi connectivity index (χ2v) is 9.38. The van der Waals surface area contributed by atoms with Crippen LogP contribution in [0, 0.1) is 6.92 Å². The lowest BCUT2D eigenvalue weighted by Crippen LogP contribution is -2.29. The quantitative estimate of drug-likeness (QED) is 0.467. The summed E-state index contributed by atoms with van der Waals surface area (Å²) in [7, 11) is -3.71. The lowest BCUT2D eigenvalue weighted by molar-refractivity contribution is 0.573. The monoisotopic (exact) mass is 420 g/mol. The molecule has 4 rings (SSSR count). The van der Waals surface area contributed by atoms with Gasteiger partial charge in [0.05, 0.1) is 16.6 Å². The Hall–Kier alpha value is -2.80. The Bertz CT molecular complexity index is 1190. The molecule has 1 atom stereocenters. The Morgan fingerprint density at radius 2 is 1.66 bits per heavy atom. The van der Waals surface area contributed by atoms with E-state index >= 15 is 0 Å². The van der Waals surface area contributed by atoms with Gasteiger partial charge in [0.1, 0.15) is 0 Å². The number of hydrogen-bond donors (Lipinski definition) is 1. The third-order valence-corrected chi connectivity index (χ3v) is 7.02. The van der Waals surface area contributed by atoms with Gasteiger partial charge in [-0.25, -0.2) is 8.42 Å². The molecule has 0 saturated carbocycles. The average Bonchev–Trinajstić information content (AvgIpc) is 3.28. The van der Waals surface area contributed by atoms with Crippen LogP contribution >= 0.6 is 11.3 Å². The normalized spacial score (nSPS) is 12.6. The van der Waals surface area contributed by atoms with Crippen molar-refractivity contribution in [1.82, 2.24) is 9.71 Å². The zero-order valence-electron chi connectivity index (χ0n) is 15.8. The maximum absolute atomic E-state index is 13.1. The molecular formula is C23H20N2O2S2. The Labute approximate surface area is 175 Å². The molecule has 0 aliphatic heterocycles. The van der Waals surface area contributed by atoms with E-state index in [-0.39, 0.29) is 4.90 Å². The number of rotatable bonds is 6. The van der Waals surface area contributed by atoms with Crippen LogP contribution in [-0.2, 0) is 10.0 Å². The van der Waals surface area contributed by atoms with Crippen LogP contribution in [0.15, 0.2) is 95.3 Å². The zero-order valence-corrected chi connectivity index (χ0v) is 17.5. The molecule has 4 nitrogen and oxygen atoms in total. The number of hydrogen-bond acceptors (Lipinski definition) is 4. The summed E-state index contributed by atoms with van der Waals surface area (Å²) in [5.41, 5.74) is 3.58. The van der Waals surface area contributed by atoms with Crippen LogP contribution in [0.4, 0.5) is 0 Å². The molecule has 0 spiro atoms. The second-order valence-electron chi connectivity index (χ2n) is 6.69. The van der Waals surface area contributed by atoms with E-state index in [0.29, 0.717) is 0 Å². The van der Waals surface area contributed by atoms with E-state index in [9.17, 15) is 8.42 Å². The molecule has 6 heteroatoms. The maximum Gasteiger partial charge on any atom is 0.241 e. The Morgan fingerprint density at radius 1 is 0.897 bits per heavy atom. The Morgan fingerprint density at radius 3 is 2.34 bits per heavy atom. The fourth-order valence-electron chi connectivity index (χ4n) is 3.18. The lowest BCUT2D eigenvalue weighted by atomic mass is 9.97. The first kappa shape index (κ1) is 19.5. The summed E-state index contributed by atoms with van der Waals surface area (Å²) in [6, 6.07) is 23.7. The highest BCUT2D eigenvalue weighted by Gasteiger charge is 2.26. The summed E-state index contributed by atoms with van der Waals surface area (Å²) >= 11 is 1.52. The van der Waals surface area contributed by atoms with Crippen molar-refractivity contribution in [1.29, 1.82) is 0 Å². The van der Waals surface area contributed by atoms with Crippen LogP contribution in [0.2, 0.25) is 0 Å². The van der Waals surface area contributed by atoms with E-state index < -0.39 is 16.1 Å². The molecule has 0 radical (unpaired) electrons. The van der Waals surface area contributed by atoms with Crippen molar-refractivity contribution >= 4 is 21.4 Å². The first-order chi connectivity index (χ1) is 14.0. The third-order valence-electron chi connectivity index (χ3n) is 4.64. The van der Waals surface area contributed by atoms with Crippen LogP contribution in [0.3, 0.4) is 0 Å². The van der Waals surface area contributed by atoms with E-state index in [1.807, 2.05) is 66.9 Å². The van der Waals surface area contributed by atoms with Gasteiger partial charge in [-0.2, -0.15) is 4.72 Å². The molecule has 0 bridgehead atoms. The third kappa shape index (κ3) is 4.29. The van der Waals surface area contributed by atoms with E-state index in [2.05, 4.69) is 9.71 Å². The molecule has 0 aliphatic carbocycles. The van der Waals surface area contributed by atoms with Crippen LogP contribution in [0.1, 0.15) is 22.0 Å². The van der Waals surface area contributed by atoms with E-state index in [0.717, 1.165) is 27.3 Å². The number of nitrogens with one attached hydrogen (secondary N) is 1. The molecule has 29 heavy (non-hydrogen) atoms. The molecule has 0 aliphatic rings. The first-order valence-electron chi connectivity index (χ1n) is 9.17. The highest BCUT2D eigenvalue weighted by atomic mass is 32.2. The van der Waals surface area contributed by atoms with Crippen LogP contribution in [-0.4, -0.2) is 13.4 Å². The van der Waals surface area contributed by atoms with E-state index in [4.69, 9.17) is 0 Å². The van der Waals surface area contributed by atoms with Gasteiger partial charge >= 0.3 is 0 Å². The minimum Gasteiger partial charge on any atom is -0.256 e. The molecule has 0 saturated heterocycles. The number of thiophene rings is 1. The van der Waals surface area contributed by atoms with E-state index in [1.54, 1.807) is 30.5 Å². The van der Waals surface area contributed by atoms with Crippen molar-refractivity contribution in [3.63, 3.8) is 0 Å². The van der Waals surface area contributed by atoms with Crippen molar-refractivity contribution < 1.29 is 8.42 Å². The Balaban J connectivity index is 1.80. The summed E-state index contributed by atoms with van der Waals surface area (Å²) in [4.78, 5) is 5.63. The van der Waals surface area contributed by atoms with Gasteiger partial charge in [-0.3, -0.25) is 4.98 Å². The number of aromatic nitrogens is 1. The fraction of sp³-hybridized carbons (Fsp3) is 0.0870. The highest BCUT2D eigenvalue weighted by molar-refractivity contribution is 7.89. The van der Waals surface area contributed by atoms with Crippen LogP contribution in [0.5, 0.6) is 0 Å². The molecular weight excluding hydrogens is 400 g/mol.